The van der Waals surface area contributed by atoms with Crippen LogP contribution in [0.25, 0.3) is 11.0 Å². The first kappa shape index (κ1) is 16.4. The van der Waals surface area contributed by atoms with Crippen LogP contribution in [0.5, 0.6) is 5.75 Å². The minimum absolute atomic E-state index is 0.0977. The zero-order valence-corrected chi connectivity index (χ0v) is 15.0. The molecule has 5 nitrogen and oxygen atoms in total. The Morgan fingerprint density at radius 3 is 2.81 bits per heavy atom. The van der Waals surface area contributed by atoms with Crippen LogP contribution in [0.4, 0.5) is 5.69 Å². The van der Waals surface area contributed by atoms with Crippen molar-refractivity contribution in [3.05, 3.63) is 76.2 Å². The van der Waals surface area contributed by atoms with Crippen molar-refractivity contribution >= 4 is 34.0 Å². The molecule has 2 N–H and O–H groups in total. The van der Waals surface area contributed by atoms with Gasteiger partial charge in [-0.25, -0.2) is 4.98 Å². The van der Waals surface area contributed by atoms with Gasteiger partial charge in [-0.2, -0.15) is 0 Å². The highest BCUT2D eigenvalue weighted by Crippen LogP contribution is 2.25. The van der Waals surface area contributed by atoms with Crippen molar-refractivity contribution in [3.8, 4) is 5.75 Å². The number of methoxy groups -OCH3 is 1. The second kappa shape index (κ2) is 7.01. The summed E-state index contributed by atoms with van der Waals surface area (Å²) in [5, 5.41) is 5.99. The molecular weight excluding hydrogens is 346 g/mol. The maximum Gasteiger partial charge on any atom is 0.266 e. The van der Waals surface area contributed by atoms with Crippen molar-refractivity contribution in [1.29, 1.82) is 0 Å². The number of fused-ring (bicyclic) bond motifs is 1. The highest BCUT2D eigenvalue weighted by atomic mass is 32.1. The van der Waals surface area contributed by atoms with E-state index < -0.39 is 0 Å². The molecule has 0 fully saturated rings. The Morgan fingerprint density at radius 2 is 2.00 bits per heavy atom. The standard InChI is InChI=1S/C20H17N3O2S/c1-25-16-4-2-15(3-5-16)23-20(24)18-14(8-11-26-18)12-13-6-9-21-19-17(13)7-10-22-19/h2-11H,12H2,1H3,(H,21,22)(H,23,24). The van der Waals surface area contributed by atoms with Gasteiger partial charge < -0.3 is 15.0 Å². The minimum atomic E-state index is -0.0977. The number of ether oxygens (including phenoxy) is 1. The fraction of sp³-hybridized carbons (Fsp3) is 0.100. The zero-order chi connectivity index (χ0) is 17.9. The molecule has 0 bridgehead atoms. The average Bonchev–Trinajstić information content (AvgIpc) is 3.32. The third-order valence-electron chi connectivity index (χ3n) is 4.23. The number of benzene rings is 1. The SMILES string of the molecule is COc1ccc(NC(=O)c2sccc2Cc2ccnc3[nH]ccc23)cc1. The van der Waals surface area contributed by atoms with Gasteiger partial charge in [-0.15, -0.1) is 11.3 Å². The lowest BCUT2D eigenvalue weighted by Crippen LogP contribution is -2.12. The van der Waals surface area contributed by atoms with E-state index >= 15 is 0 Å². The molecule has 0 spiro atoms. The summed E-state index contributed by atoms with van der Waals surface area (Å²) in [5.41, 5.74) is 3.76. The summed E-state index contributed by atoms with van der Waals surface area (Å²) in [7, 11) is 1.62. The van der Waals surface area contributed by atoms with E-state index in [-0.39, 0.29) is 5.91 Å². The quantitative estimate of drug-likeness (QED) is 0.549. The summed E-state index contributed by atoms with van der Waals surface area (Å²) in [5.74, 6) is 0.660. The minimum Gasteiger partial charge on any atom is -0.497 e. The number of hydrogen-bond donors (Lipinski definition) is 2. The smallest absolute Gasteiger partial charge is 0.266 e. The van der Waals surface area contributed by atoms with Crippen molar-refractivity contribution in [2.75, 3.05) is 12.4 Å². The van der Waals surface area contributed by atoms with Crippen LogP contribution in [-0.2, 0) is 6.42 Å². The third-order valence-corrected chi connectivity index (χ3v) is 5.19. The first-order valence-electron chi connectivity index (χ1n) is 8.17. The van der Waals surface area contributed by atoms with Gasteiger partial charge in [0.2, 0.25) is 0 Å². The van der Waals surface area contributed by atoms with Crippen LogP contribution in [-0.4, -0.2) is 23.0 Å². The zero-order valence-electron chi connectivity index (χ0n) is 14.2. The molecule has 4 rings (SSSR count). The lowest BCUT2D eigenvalue weighted by atomic mass is 10.0. The Labute approximate surface area is 154 Å². The van der Waals surface area contributed by atoms with Gasteiger partial charge in [0, 0.05) is 23.5 Å². The van der Waals surface area contributed by atoms with Gasteiger partial charge >= 0.3 is 0 Å². The molecule has 1 amide bonds. The molecule has 0 atom stereocenters. The number of aromatic amines is 1. The maximum atomic E-state index is 12.7. The van der Waals surface area contributed by atoms with Gasteiger partial charge in [-0.05, 0) is 65.4 Å². The summed E-state index contributed by atoms with van der Waals surface area (Å²) in [6.07, 6.45) is 4.36. The topological polar surface area (TPSA) is 67.0 Å². The normalized spacial score (nSPS) is 10.8. The number of thiophene rings is 1. The van der Waals surface area contributed by atoms with Crippen LogP contribution in [0.1, 0.15) is 20.8 Å². The molecule has 0 aliphatic carbocycles. The molecule has 3 heterocycles. The predicted molar refractivity (Wildman–Crippen MR) is 104 cm³/mol. The fourth-order valence-electron chi connectivity index (χ4n) is 2.91. The summed E-state index contributed by atoms with van der Waals surface area (Å²) < 4.78 is 5.14. The van der Waals surface area contributed by atoms with E-state index in [4.69, 9.17) is 4.74 Å². The Hall–Kier alpha value is -3.12. The van der Waals surface area contributed by atoms with Crippen LogP contribution in [0, 0.1) is 0 Å². The maximum absolute atomic E-state index is 12.7. The Balaban J connectivity index is 1.56. The predicted octanol–water partition coefficient (Wildman–Crippen LogP) is 4.48. The number of rotatable bonds is 5. The summed E-state index contributed by atoms with van der Waals surface area (Å²) in [6, 6.07) is 13.3. The van der Waals surface area contributed by atoms with Crippen LogP contribution in [0.15, 0.2) is 60.2 Å². The number of anilines is 1. The molecule has 0 unspecified atom stereocenters. The number of amides is 1. The number of carbonyl (C=O) groups is 1. The van der Waals surface area contributed by atoms with Crippen molar-refractivity contribution in [2.24, 2.45) is 0 Å². The van der Waals surface area contributed by atoms with Gasteiger partial charge in [0.25, 0.3) is 5.91 Å². The van der Waals surface area contributed by atoms with E-state index in [1.54, 1.807) is 13.3 Å². The van der Waals surface area contributed by atoms with Gasteiger partial charge in [0.15, 0.2) is 0 Å². The molecule has 0 aliphatic heterocycles. The Kier molecular flexibility index (Phi) is 4.41. The molecule has 130 valence electrons. The summed E-state index contributed by atoms with van der Waals surface area (Å²) in [4.78, 5) is 20.9. The van der Waals surface area contributed by atoms with E-state index in [2.05, 4.69) is 15.3 Å². The Bertz CT molecular complexity index is 1050. The van der Waals surface area contributed by atoms with Gasteiger partial charge in [0.1, 0.15) is 11.4 Å². The van der Waals surface area contributed by atoms with Crippen LogP contribution < -0.4 is 10.1 Å². The number of nitrogens with zero attached hydrogens (tertiary/aromatic N) is 1. The monoisotopic (exact) mass is 363 g/mol. The number of pyridine rings is 1. The molecule has 4 aromatic rings. The first-order valence-corrected chi connectivity index (χ1v) is 9.05. The van der Waals surface area contributed by atoms with Crippen LogP contribution in [0.2, 0.25) is 0 Å². The highest BCUT2D eigenvalue weighted by Gasteiger charge is 2.15. The lowest BCUT2D eigenvalue weighted by molar-refractivity contribution is 0.103. The molecule has 1 aromatic carbocycles. The van der Waals surface area contributed by atoms with Crippen LogP contribution in [0.3, 0.4) is 0 Å². The second-order valence-electron chi connectivity index (χ2n) is 5.84. The van der Waals surface area contributed by atoms with Gasteiger partial charge in [0.05, 0.1) is 12.0 Å². The van der Waals surface area contributed by atoms with Crippen molar-refractivity contribution in [2.45, 2.75) is 6.42 Å². The number of nitrogens with one attached hydrogen (secondary N) is 2. The van der Waals surface area contributed by atoms with E-state index in [0.29, 0.717) is 6.42 Å². The molecule has 0 saturated heterocycles. The van der Waals surface area contributed by atoms with E-state index in [1.165, 1.54) is 11.3 Å². The number of hydrogen-bond acceptors (Lipinski definition) is 4. The third kappa shape index (κ3) is 3.19. The lowest BCUT2D eigenvalue weighted by Gasteiger charge is -2.08. The van der Waals surface area contributed by atoms with Crippen LogP contribution >= 0.6 is 11.3 Å². The summed E-state index contributed by atoms with van der Waals surface area (Å²) in [6.45, 7) is 0. The van der Waals surface area contributed by atoms with Gasteiger partial charge in [-0.3, -0.25) is 4.79 Å². The highest BCUT2D eigenvalue weighted by molar-refractivity contribution is 7.12. The molecule has 6 heteroatoms. The molecular formula is C20H17N3O2S. The number of aromatic nitrogens is 2. The first-order chi connectivity index (χ1) is 12.7. The van der Waals surface area contributed by atoms with E-state index in [9.17, 15) is 4.79 Å². The molecule has 0 radical (unpaired) electrons. The average molecular weight is 363 g/mol. The fourth-order valence-corrected chi connectivity index (χ4v) is 3.73. The summed E-state index contributed by atoms with van der Waals surface area (Å²) >= 11 is 1.45. The Morgan fingerprint density at radius 1 is 1.15 bits per heavy atom. The largest absolute Gasteiger partial charge is 0.497 e. The van der Waals surface area contributed by atoms with Crippen molar-refractivity contribution in [3.63, 3.8) is 0 Å². The second-order valence-corrected chi connectivity index (χ2v) is 6.76. The molecule has 26 heavy (non-hydrogen) atoms. The number of carbonyl (C=O) groups excluding carboxylic acids is 1. The molecule has 0 saturated carbocycles. The van der Waals surface area contributed by atoms with E-state index in [0.717, 1.165) is 38.5 Å². The van der Waals surface area contributed by atoms with E-state index in [1.807, 2.05) is 54.0 Å². The molecule has 3 aromatic heterocycles. The van der Waals surface area contributed by atoms with Crippen molar-refractivity contribution < 1.29 is 9.53 Å². The van der Waals surface area contributed by atoms with Gasteiger partial charge in [-0.1, -0.05) is 0 Å². The molecule has 0 aliphatic rings. The van der Waals surface area contributed by atoms with Crippen molar-refractivity contribution in [1.82, 2.24) is 9.97 Å². The number of H-pyrrole nitrogens is 1.